The topological polar surface area (TPSA) is 130 Å². The molecule has 0 aliphatic carbocycles. The molecule has 3 rings (SSSR count). The van der Waals surface area contributed by atoms with Crippen LogP contribution in [0.4, 0.5) is 0 Å². The maximum absolute atomic E-state index is 12.6. The van der Waals surface area contributed by atoms with Crippen LogP contribution in [-0.2, 0) is 16.1 Å². The van der Waals surface area contributed by atoms with Gasteiger partial charge in [-0.2, -0.15) is 5.26 Å². The van der Waals surface area contributed by atoms with Crippen molar-refractivity contribution in [3.05, 3.63) is 69.8 Å². The van der Waals surface area contributed by atoms with E-state index in [1.165, 1.54) is 24.8 Å². The number of likely N-dealkylation sites (N-methyl/N-ethyl adjacent to an activating group) is 1. The number of hydrogen-bond acceptors (Lipinski definition) is 9. The molecule has 1 amide bonds. The van der Waals surface area contributed by atoms with Gasteiger partial charge < -0.3 is 14.3 Å². The first kappa shape index (κ1) is 37.6. The highest BCUT2D eigenvalue weighted by Crippen LogP contribution is 2.30. The lowest BCUT2D eigenvalue weighted by Gasteiger charge is -2.33. The van der Waals surface area contributed by atoms with E-state index in [0.29, 0.717) is 31.7 Å². The van der Waals surface area contributed by atoms with Crippen LogP contribution in [0.15, 0.2) is 48.5 Å². The zero-order valence-corrected chi connectivity index (χ0v) is 28.6. The third-order valence-electron chi connectivity index (χ3n) is 9.17. The lowest BCUT2D eigenvalue weighted by atomic mass is 9.92. The summed E-state index contributed by atoms with van der Waals surface area (Å²) >= 11 is 0. The molecule has 1 aliphatic rings. The normalized spacial score (nSPS) is 15.7. The Kier molecular flexibility index (Phi) is 16.3. The summed E-state index contributed by atoms with van der Waals surface area (Å²) < 4.78 is 11.2. The number of hydrazine groups is 1. The highest BCUT2D eigenvalue weighted by atomic mass is 17.0. The molecular formula is C36H53N5O6. The van der Waals surface area contributed by atoms with Crippen molar-refractivity contribution in [2.24, 2.45) is 11.8 Å². The molecule has 2 aromatic rings. The molecule has 2 aromatic carbocycles. The molecule has 0 saturated carbocycles. The van der Waals surface area contributed by atoms with Crippen molar-refractivity contribution in [1.29, 1.82) is 5.26 Å². The zero-order valence-electron chi connectivity index (χ0n) is 28.6. The smallest absolute Gasteiger partial charge is 0.294 e. The van der Waals surface area contributed by atoms with Crippen LogP contribution in [0, 0.1) is 33.3 Å². The van der Waals surface area contributed by atoms with Crippen LogP contribution in [-0.4, -0.2) is 67.4 Å². The summed E-state index contributed by atoms with van der Waals surface area (Å²) in [5, 5.41) is 21.6. The number of amides is 1. The van der Waals surface area contributed by atoms with Crippen molar-refractivity contribution in [3.63, 3.8) is 0 Å². The minimum atomic E-state index is -0.745. The molecule has 3 atom stereocenters. The van der Waals surface area contributed by atoms with Crippen molar-refractivity contribution in [2.45, 2.75) is 90.2 Å². The summed E-state index contributed by atoms with van der Waals surface area (Å²) in [5.74, 6) is 1.33. The number of nitriles is 1. The molecule has 1 heterocycles. The van der Waals surface area contributed by atoms with E-state index < -0.39 is 11.2 Å². The quantitative estimate of drug-likeness (QED) is 0.0911. The van der Waals surface area contributed by atoms with Crippen LogP contribution < -0.4 is 14.9 Å². The van der Waals surface area contributed by atoms with Gasteiger partial charge in [0.2, 0.25) is 0 Å². The SMILES string of the molecule is CCCCCCC(C#N)CCC(c1ccc(OCC(=O)NN2CCC(C(C)O[N+](=O)[O-])CC2)cc1)N(C)CCc1cccc(OC)c1. The van der Waals surface area contributed by atoms with Crippen molar-refractivity contribution in [3.8, 4) is 17.6 Å². The third-order valence-corrected chi connectivity index (χ3v) is 9.17. The number of hydrogen-bond donors (Lipinski definition) is 1. The number of nitrogens with zero attached hydrogens (tertiary/aromatic N) is 4. The van der Waals surface area contributed by atoms with E-state index in [2.05, 4.69) is 54.6 Å². The third kappa shape index (κ3) is 13.4. The van der Waals surface area contributed by atoms with Crippen LogP contribution in [0.3, 0.4) is 0 Å². The van der Waals surface area contributed by atoms with Crippen LogP contribution in [0.5, 0.6) is 11.5 Å². The predicted octanol–water partition coefficient (Wildman–Crippen LogP) is 6.52. The minimum Gasteiger partial charge on any atom is -0.497 e. The van der Waals surface area contributed by atoms with E-state index in [1.807, 2.05) is 29.3 Å². The molecule has 11 nitrogen and oxygen atoms in total. The molecule has 1 N–H and O–H groups in total. The largest absolute Gasteiger partial charge is 0.497 e. The number of methoxy groups -OCH3 is 1. The molecular weight excluding hydrogens is 598 g/mol. The van der Waals surface area contributed by atoms with Gasteiger partial charge >= 0.3 is 0 Å². The number of ether oxygens (including phenoxy) is 2. The van der Waals surface area contributed by atoms with Gasteiger partial charge in [-0.15, -0.1) is 10.1 Å². The van der Waals surface area contributed by atoms with Gasteiger partial charge in [0.15, 0.2) is 6.61 Å². The fraction of sp³-hybridized carbons (Fsp3) is 0.611. The van der Waals surface area contributed by atoms with Gasteiger partial charge in [-0.25, -0.2) is 5.01 Å². The molecule has 1 aliphatic heterocycles. The van der Waals surface area contributed by atoms with E-state index in [0.717, 1.165) is 50.0 Å². The van der Waals surface area contributed by atoms with Crippen molar-refractivity contribution < 1.29 is 24.2 Å². The molecule has 0 spiro atoms. The summed E-state index contributed by atoms with van der Waals surface area (Å²) in [5.41, 5.74) is 5.24. The average Bonchev–Trinajstić information content (AvgIpc) is 3.08. The highest BCUT2D eigenvalue weighted by molar-refractivity contribution is 5.77. The van der Waals surface area contributed by atoms with Gasteiger partial charge in [-0.3, -0.25) is 15.1 Å². The van der Waals surface area contributed by atoms with Crippen molar-refractivity contribution in [2.75, 3.05) is 40.4 Å². The van der Waals surface area contributed by atoms with E-state index in [-0.39, 0.29) is 30.4 Å². The number of rotatable bonds is 21. The summed E-state index contributed by atoms with van der Waals surface area (Å²) in [6.07, 6.45) is 9.13. The Morgan fingerprint density at radius 1 is 1.11 bits per heavy atom. The number of piperidine rings is 1. The molecule has 3 unspecified atom stereocenters. The fourth-order valence-corrected chi connectivity index (χ4v) is 6.23. The minimum absolute atomic E-state index is 0.0471. The lowest BCUT2D eigenvalue weighted by molar-refractivity contribution is -0.769. The number of benzene rings is 2. The number of carbonyl (C=O) groups is 1. The van der Waals surface area contributed by atoms with Gasteiger partial charge in [0.25, 0.3) is 11.0 Å². The Hall–Kier alpha value is -3.88. The molecule has 0 radical (unpaired) electrons. The van der Waals surface area contributed by atoms with Crippen molar-refractivity contribution in [1.82, 2.24) is 15.3 Å². The molecule has 1 saturated heterocycles. The maximum atomic E-state index is 12.6. The molecule has 0 aromatic heterocycles. The first-order chi connectivity index (χ1) is 22.7. The second-order valence-corrected chi connectivity index (χ2v) is 12.6. The van der Waals surface area contributed by atoms with E-state index in [1.54, 1.807) is 14.0 Å². The fourth-order valence-electron chi connectivity index (χ4n) is 6.23. The standard InChI is InChI=1S/C36H53N5O6/c1-5-6-7-8-10-30(26-37)13-18-35(39(3)22-19-29-11-9-12-34(25-29)45-4)32-14-16-33(17-15-32)46-27-36(42)38-40-23-20-31(21-24-40)28(2)47-41(43)44/h9,11-12,14-17,25,28,30-31,35H,5-8,10,13,18-24,27H2,1-4H3,(H,38,42). The van der Waals surface area contributed by atoms with Crippen molar-refractivity contribution >= 4 is 5.91 Å². The van der Waals surface area contributed by atoms with Gasteiger partial charge in [0.1, 0.15) is 17.6 Å². The van der Waals surface area contributed by atoms with E-state index in [9.17, 15) is 20.2 Å². The van der Waals surface area contributed by atoms with Gasteiger partial charge in [0, 0.05) is 31.6 Å². The summed E-state index contributed by atoms with van der Waals surface area (Å²) in [4.78, 5) is 30.3. The van der Waals surface area contributed by atoms with Crippen LogP contribution in [0.2, 0.25) is 0 Å². The Morgan fingerprint density at radius 2 is 1.85 bits per heavy atom. The molecule has 258 valence electrons. The summed E-state index contributed by atoms with van der Waals surface area (Å²) in [7, 11) is 3.82. The predicted molar refractivity (Wildman–Crippen MR) is 181 cm³/mol. The number of unbranched alkanes of at least 4 members (excludes halogenated alkanes) is 3. The van der Waals surface area contributed by atoms with Crippen LogP contribution in [0.25, 0.3) is 0 Å². The Morgan fingerprint density at radius 3 is 2.51 bits per heavy atom. The zero-order chi connectivity index (χ0) is 34.0. The Bertz CT molecular complexity index is 1260. The van der Waals surface area contributed by atoms with E-state index >= 15 is 0 Å². The molecule has 11 heteroatoms. The molecule has 47 heavy (non-hydrogen) atoms. The Balaban J connectivity index is 1.55. The second kappa shape index (κ2) is 20.4. The summed E-state index contributed by atoms with van der Waals surface area (Å²) in [6.45, 7) is 5.83. The molecule has 0 bridgehead atoms. The number of nitrogens with one attached hydrogen (secondary N) is 1. The van der Waals surface area contributed by atoms with Gasteiger partial charge in [0.05, 0.1) is 13.2 Å². The average molecular weight is 652 g/mol. The first-order valence-corrected chi connectivity index (χ1v) is 17.0. The van der Waals surface area contributed by atoms with E-state index in [4.69, 9.17) is 14.3 Å². The second-order valence-electron chi connectivity index (χ2n) is 12.6. The highest BCUT2D eigenvalue weighted by Gasteiger charge is 2.27. The van der Waals surface area contributed by atoms with Crippen LogP contribution >= 0.6 is 0 Å². The van der Waals surface area contributed by atoms with Gasteiger partial charge in [-0.05, 0) is 93.8 Å². The Labute approximate surface area is 280 Å². The van der Waals surface area contributed by atoms with Crippen LogP contribution in [0.1, 0.15) is 88.8 Å². The maximum Gasteiger partial charge on any atom is 0.294 e. The monoisotopic (exact) mass is 651 g/mol. The lowest BCUT2D eigenvalue weighted by Crippen LogP contribution is -2.49. The number of carbonyl (C=O) groups excluding carboxylic acids is 1. The molecule has 1 fully saturated rings. The van der Waals surface area contributed by atoms with Gasteiger partial charge in [-0.1, -0.05) is 56.9 Å². The summed E-state index contributed by atoms with van der Waals surface area (Å²) in [6, 6.07) is 18.8. The first-order valence-electron chi connectivity index (χ1n) is 17.0.